The van der Waals surface area contributed by atoms with Crippen LogP contribution in [0.1, 0.15) is 24.1 Å². The van der Waals surface area contributed by atoms with Crippen LogP contribution in [0.15, 0.2) is 36.7 Å². The van der Waals surface area contributed by atoms with Gasteiger partial charge >= 0.3 is 6.18 Å². The number of hydrogen-bond acceptors (Lipinski definition) is 5. The molecule has 0 spiro atoms. The standard InChI is InChI=1S/C20H21F3N6/c1-13-10-19(29-18(26-13)4-7-25-29)28-9-6-14-5-8-27(12-16(14)28)17-3-2-15(11-24-17)20(21,22)23/h2-4,7,10-11,14,16H,5-6,8-9,12H2,1H3. The number of aromatic nitrogens is 4. The number of piperidine rings is 1. The Morgan fingerprint density at radius 3 is 2.69 bits per heavy atom. The van der Waals surface area contributed by atoms with Gasteiger partial charge in [0.2, 0.25) is 0 Å². The molecule has 9 heteroatoms. The van der Waals surface area contributed by atoms with E-state index in [0.29, 0.717) is 11.7 Å². The lowest BCUT2D eigenvalue weighted by atomic mass is 9.92. The molecule has 0 radical (unpaired) electrons. The summed E-state index contributed by atoms with van der Waals surface area (Å²) in [6.07, 6.45) is 0.403. The third kappa shape index (κ3) is 3.18. The zero-order valence-corrected chi connectivity index (χ0v) is 16.0. The molecule has 3 aromatic heterocycles. The quantitative estimate of drug-likeness (QED) is 0.656. The molecule has 2 aliphatic heterocycles. The maximum Gasteiger partial charge on any atom is 0.417 e. The molecule has 3 aromatic rings. The zero-order chi connectivity index (χ0) is 20.2. The van der Waals surface area contributed by atoms with Crippen molar-refractivity contribution in [2.75, 3.05) is 29.4 Å². The maximum atomic E-state index is 12.8. The summed E-state index contributed by atoms with van der Waals surface area (Å²) in [6, 6.07) is 6.80. The number of halogens is 3. The van der Waals surface area contributed by atoms with E-state index in [1.807, 2.05) is 17.5 Å². The SMILES string of the molecule is Cc1cc(N2CCC3CCN(c4ccc(C(F)(F)F)cn4)CC32)n2nccc2n1. The predicted molar refractivity (Wildman–Crippen MR) is 103 cm³/mol. The molecule has 2 unspecified atom stereocenters. The molecule has 0 saturated carbocycles. The van der Waals surface area contributed by atoms with Crippen molar-refractivity contribution in [2.45, 2.75) is 32.0 Å². The molecule has 5 heterocycles. The van der Waals surface area contributed by atoms with E-state index < -0.39 is 11.7 Å². The molecular weight excluding hydrogens is 381 g/mol. The molecule has 0 aromatic carbocycles. The lowest BCUT2D eigenvalue weighted by Gasteiger charge is -2.39. The van der Waals surface area contributed by atoms with Crippen LogP contribution in [0.25, 0.3) is 5.65 Å². The number of rotatable bonds is 2. The van der Waals surface area contributed by atoms with Gasteiger partial charge in [-0.1, -0.05) is 0 Å². The van der Waals surface area contributed by atoms with E-state index >= 15 is 0 Å². The van der Waals surface area contributed by atoms with Crippen LogP contribution in [-0.4, -0.2) is 45.3 Å². The van der Waals surface area contributed by atoms with Crippen LogP contribution in [-0.2, 0) is 6.18 Å². The Balaban J connectivity index is 1.42. The topological polar surface area (TPSA) is 49.6 Å². The molecule has 152 valence electrons. The summed E-state index contributed by atoms with van der Waals surface area (Å²) in [4.78, 5) is 13.1. The van der Waals surface area contributed by atoms with Crippen LogP contribution in [0.5, 0.6) is 0 Å². The highest BCUT2D eigenvalue weighted by Crippen LogP contribution is 2.37. The van der Waals surface area contributed by atoms with Gasteiger partial charge in [0, 0.05) is 43.7 Å². The normalized spacial score (nSPS) is 22.3. The van der Waals surface area contributed by atoms with Gasteiger partial charge in [0.15, 0.2) is 5.65 Å². The highest BCUT2D eigenvalue weighted by atomic mass is 19.4. The number of anilines is 2. The summed E-state index contributed by atoms with van der Waals surface area (Å²) in [5.41, 5.74) is 1.04. The fourth-order valence-electron chi connectivity index (χ4n) is 4.60. The van der Waals surface area contributed by atoms with Crippen molar-refractivity contribution >= 4 is 17.3 Å². The minimum absolute atomic E-state index is 0.266. The number of fused-ring (bicyclic) bond motifs is 2. The third-order valence-corrected chi connectivity index (χ3v) is 6.02. The van der Waals surface area contributed by atoms with Crippen molar-refractivity contribution in [2.24, 2.45) is 5.92 Å². The Hall–Kier alpha value is -2.84. The van der Waals surface area contributed by atoms with Crippen molar-refractivity contribution < 1.29 is 13.2 Å². The molecule has 0 amide bonds. The van der Waals surface area contributed by atoms with Gasteiger partial charge in [-0.05, 0) is 37.8 Å². The molecule has 2 atom stereocenters. The van der Waals surface area contributed by atoms with E-state index in [9.17, 15) is 13.2 Å². The molecule has 5 rings (SSSR count). The Labute approximate surface area is 166 Å². The summed E-state index contributed by atoms with van der Waals surface area (Å²) in [5.74, 6) is 2.17. The second kappa shape index (κ2) is 6.60. The summed E-state index contributed by atoms with van der Waals surface area (Å²) in [7, 11) is 0. The molecule has 2 aliphatic rings. The van der Waals surface area contributed by atoms with Crippen molar-refractivity contribution in [3.05, 3.63) is 47.9 Å². The van der Waals surface area contributed by atoms with Crippen molar-refractivity contribution in [3.8, 4) is 0 Å². The fraction of sp³-hybridized carbons (Fsp3) is 0.450. The van der Waals surface area contributed by atoms with E-state index in [1.165, 1.54) is 6.07 Å². The molecule has 0 bridgehead atoms. The van der Waals surface area contributed by atoms with Gasteiger partial charge in [-0.15, -0.1) is 0 Å². The Bertz CT molecular complexity index is 1030. The van der Waals surface area contributed by atoms with Crippen LogP contribution in [0.3, 0.4) is 0 Å². The van der Waals surface area contributed by atoms with Gasteiger partial charge in [0.05, 0.1) is 17.8 Å². The van der Waals surface area contributed by atoms with Crippen molar-refractivity contribution in [1.82, 2.24) is 19.6 Å². The average molecular weight is 402 g/mol. The largest absolute Gasteiger partial charge is 0.417 e. The maximum absolute atomic E-state index is 12.8. The first-order chi connectivity index (χ1) is 13.9. The van der Waals surface area contributed by atoms with E-state index in [2.05, 4.69) is 30.9 Å². The van der Waals surface area contributed by atoms with Gasteiger partial charge in [0.25, 0.3) is 0 Å². The summed E-state index contributed by atoms with van der Waals surface area (Å²) in [6.45, 7) is 4.44. The smallest absolute Gasteiger partial charge is 0.355 e. The van der Waals surface area contributed by atoms with E-state index in [1.54, 1.807) is 6.20 Å². The number of alkyl halides is 3. The molecule has 0 N–H and O–H groups in total. The van der Waals surface area contributed by atoms with E-state index in [4.69, 9.17) is 0 Å². The minimum atomic E-state index is -4.37. The molecule has 2 fully saturated rings. The highest BCUT2D eigenvalue weighted by molar-refractivity contribution is 5.53. The van der Waals surface area contributed by atoms with Crippen molar-refractivity contribution in [3.63, 3.8) is 0 Å². The second-order valence-electron chi connectivity index (χ2n) is 7.80. The minimum Gasteiger partial charge on any atom is -0.355 e. The van der Waals surface area contributed by atoms with Gasteiger partial charge in [-0.2, -0.15) is 22.8 Å². The van der Waals surface area contributed by atoms with Gasteiger partial charge < -0.3 is 9.80 Å². The van der Waals surface area contributed by atoms with E-state index in [0.717, 1.165) is 61.9 Å². The number of nitrogens with zero attached hydrogens (tertiary/aromatic N) is 6. The van der Waals surface area contributed by atoms with Gasteiger partial charge in [0.1, 0.15) is 11.6 Å². The first-order valence-electron chi connectivity index (χ1n) is 9.76. The van der Waals surface area contributed by atoms with Gasteiger partial charge in [-0.3, -0.25) is 0 Å². The molecule has 0 aliphatic carbocycles. The Kier molecular flexibility index (Phi) is 4.15. The second-order valence-corrected chi connectivity index (χ2v) is 7.80. The third-order valence-electron chi connectivity index (χ3n) is 6.02. The van der Waals surface area contributed by atoms with Crippen LogP contribution >= 0.6 is 0 Å². The molecule has 2 saturated heterocycles. The zero-order valence-electron chi connectivity index (χ0n) is 16.0. The van der Waals surface area contributed by atoms with Crippen molar-refractivity contribution in [1.29, 1.82) is 0 Å². The molecular formula is C20H21F3N6. The van der Waals surface area contributed by atoms with Crippen LogP contribution in [0.2, 0.25) is 0 Å². The summed E-state index contributed by atoms with van der Waals surface area (Å²) in [5, 5.41) is 4.43. The fourth-order valence-corrected chi connectivity index (χ4v) is 4.60. The predicted octanol–water partition coefficient (Wildman–Crippen LogP) is 3.56. The number of hydrogen-bond donors (Lipinski definition) is 0. The van der Waals surface area contributed by atoms with Crippen LogP contribution in [0, 0.1) is 12.8 Å². The van der Waals surface area contributed by atoms with E-state index in [-0.39, 0.29) is 6.04 Å². The first kappa shape index (κ1) is 18.2. The Morgan fingerprint density at radius 2 is 1.93 bits per heavy atom. The Morgan fingerprint density at radius 1 is 1.10 bits per heavy atom. The highest BCUT2D eigenvalue weighted by Gasteiger charge is 2.40. The average Bonchev–Trinajstić information content (AvgIpc) is 3.33. The molecule has 6 nitrogen and oxygen atoms in total. The molecule has 29 heavy (non-hydrogen) atoms. The summed E-state index contributed by atoms with van der Waals surface area (Å²) < 4.78 is 40.4. The number of pyridine rings is 1. The number of aryl methyl sites for hydroxylation is 1. The monoisotopic (exact) mass is 402 g/mol. The summed E-state index contributed by atoms with van der Waals surface area (Å²) >= 11 is 0. The van der Waals surface area contributed by atoms with Gasteiger partial charge in [-0.25, -0.2) is 9.97 Å². The lowest BCUT2D eigenvalue weighted by Crippen LogP contribution is -2.49. The first-order valence-corrected chi connectivity index (χ1v) is 9.76. The van der Waals surface area contributed by atoms with Crippen LogP contribution in [0.4, 0.5) is 24.8 Å². The lowest BCUT2D eigenvalue weighted by molar-refractivity contribution is -0.137. The van der Waals surface area contributed by atoms with Crippen LogP contribution < -0.4 is 9.80 Å².